The minimum atomic E-state index is -0.915. The van der Waals surface area contributed by atoms with Gasteiger partial charge in [-0.05, 0) is 6.07 Å². The van der Waals surface area contributed by atoms with Crippen LogP contribution in [0.1, 0.15) is 20.7 Å². The molecule has 0 aliphatic heterocycles. The van der Waals surface area contributed by atoms with Crippen molar-refractivity contribution in [1.82, 2.24) is 0 Å². The number of carbonyl (C=O) groups excluding carboxylic acids is 2. The predicted molar refractivity (Wildman–Crippen MR) is 57.5 cm³/mol. The maximum absolute atomic E-state index is 11.3. The van der Waals surface area contributed by atoms with Crippen molar-refractivity contribution < 1.29 is 19.2 Å². The average Bonchev–Trinajstić information content (AvgIpc) is 2.26. The summed E-state index contributed by atoms with van der Waals surface area (Å²) in [5.74, 6) is -0.915. The standard InChI is InChI=1S/C9H6BrNO5/c1-16-9(13)8-5(4-12)2-6(10)3-7(8)11(14)15/h2-4H,1H3. The molecule has 7 heteroatoms. The lowest BCUT2D eigenvalue weighted by atomic mass is 10.1. The molecule has 16 heavy (non-hydrogen) atoms. The zero-order valence-corrected chi connectivity index (χ0v) is 9.68. The Hall–Kier alpha value is -1.76. The van der Waals surface area contributed by atoms with E-state index in [0.717, 1.165) is 13.2 Å². The number of esters is 1. The lowest BCUT2D eigenvalue weighted by Gasteiger charge is -2.04. The monoisotopic (exact) mass is 287 g/mol. The van der Waals surface area contributed by atoms with E-state index in [-0.39, 0.29) is 11.1 Å². The number of nitro groups is 1. The Labute approximate surface area is 98.5 Å². The molecule has 0 N–H and O–H groups in total. The summed E-state index contributed by atoms with van der Waals surface area (Å²) in [5, 5.41) is 10.7. The first-order chi connectivity index (χ1) is 7.51. The third kappa shape index (κ3) is 2.25. The SMILES string of the molecule is COC(=O)c1c(C=O)cc(Br)cc1[N+](=O)[O-]. The second kappa shape index (κ2) is 4.84. The molecule has 1 aromatic rings. The number of aldehydes is 1. The largest absolute Gasteiger partial charge is 0.465 e. The van der Waals surface area contributed by atoms with E-state index in [0.29, 0.717) is 10.8 Å². The van der Waals surface area contributed by atoms with Gasteiger partial charge in [0.1, 0.15) is 5.56 Å². The van der Waals surface area contributed by atoms with Crippen LogP contribution in [0, 0.1) is 10.1 Å². The molecule has 0 fully saturated rings. The van der Waals surface area contributed by atoms with Crippen molar-refractivity contribution in [1.29, 1.82) is 0 Å². The third-order valence-electron chi connectivity index (χ3n) is 1.83. The van der Waals surface area contributed by atoms with E-state index in [4.69, 9.17) is 0 Å². The fourth-order valence-corrected chi connectivity index (χ4v) is 1.64. The van der Waals surface area contributed by atoms with Crippen LogP contribution >= 0.6 is 15.9 Å². The van der Waals surface area contributed by atoms with Crippen LogP contribution in [-0.2, 0) is 4.74 Å². The summed E-state index contributed by atoms with van der Waals surface area (Å²) in [5.41, 5.74) is -0.901. The zero-order valence-electron chi connectivity index (χ0n) is 8.10. The van der Waals surface area contributed by atoms with E-state index >= 15 is 0 Å². The van der Waals surface area contributed by atoms with E-state index in [1.807, 2.05) is 0 Å². The number of benzene rings is 1. The van der Waals surface area contributed by atoms with Gasteiger partial charge in [0, 0.05) is 16.1 Å². The van der Waals surface area contributed by atoms with Gasteiger partial charge in [0.15, 0.2) is 6.29 Å². The molecule has 0 atom stereocenters. The first-order valence-corrected chi connectivity index (χ1v) is 4.82. The number of rotatable bonds is 3. The Morgan fingerprint density at radius 1 is 1.56 bits per heavy atom. The molecule has 0 unspecified atom stereocenters. The number of nitrogens with zero attached hydrogens (tertiary/aromatic N) is 1. The summed E-state index contributed by atoms with van der Waals surface area (Å²) in [4.78, 5) is 32.0. The van der Waals surface area contributed by atoms with Crippen molar-refractivity contribution in [3.8, 4) is 0 Å². The molecule has 0 spiro atoms. The lowest BCUT2D eigenvalue weighted by Crippen LogP contribution is -2.09. The van der Waals surface area contributed by atoms with Gasteiger partial charge < -0.3 is 4.74 Å². The molecule has 0 amide bonds. The highest BCUT2D eigenvalue weighted by atomic mass is 79.9. The number of hydrogen-bond donors (Lipinski definition) is 0. The zero-order chi connectivity index (χ0) is 12.3. The van der Waals surface area contributed by atoms with Crippen LogP contribution in [0.4, 0.5) is 5.69 Å². The molecule has 0 saturated carbocycles. The minimum absolute atomic E-state index is 0.0899. The molecular formula is C9H6BrNO5. The molecule has 1 aromatic carbocycles. The number of nitro benzene ring substituents is 1. The average molecular weight is 288 g/mol. The van der Waals surface area contributed by atoms with Gasteiger partial charge in [-0.25, -0.2) is 4.79 Å². The van der Waals surface area contributed by atoms with Gasteiger partial charge in [-0.3, -0.25) is 14.9 Å². The summed E-state index contributed by atoms with van der Waals surface area (Å²) in [7, 11) is 1.09. The summed E-state index contributed by atoms with van der Waals surface area (Å²) in [6.07, 6.45) is 0.365. The van der Waals surface area contributed by atoms with Crippen molar-refractivity contribution in [3.05, 3.63) is 37.8 Å². The van der Waals surface area contributed by atoms with Crippen molar-refractivity contribution >= 4 is 33.9 Å². The number of carbonyl (C=O) groups is 2. The third-order valence-corrected chi connectivity index (χ3v) is 2.28. The van der Waals surface area contributed by atoms with Crippen molar-refractivity contribution in [2.24, 2.45) is 0 Å². The smallest absolute Gasteiger partial charge is 0.345 e. The van der Waals surface area contributed by atoms with Gasteiger partial charge in [0.2, 0.25) is 0 Å². The van der Waals surface area contributed by atoms with E-state index in [1.54, 1.807) is 0 Å². The van der Waals surface area contributed by atoms with Gasteiger partial charge in [0.05, 0.1) is 12.0 Å². The second-order valence-corrected chi connectivity index (χ2v) is 3.67. The highest BCUT2D eigenvalue weighted by molar-refractivity contribution is 9.10. The lowest BCUT2D eigenvalue weighted by molar-refractivity contribution is -0.385. The van der Waals surface area contributed by atoms with E-state index in [9.17, 15) is 19.7 Å². The molecule has 0 radical (unpaired) electrons. The second-order valence-electron chi connectivity index (χ2n) is 2.76. The first kappa shape index (κ1) is 12.3. The number of methoxy groups -OCH3 is 1. The Bertz CT molecular complexity index is 471. The van der Waals surface area contributed by atoms with E-state index in [1.165, 1.54) is 6.07 Å². The molecule has 0 heterocycles. The van der Waals surface area contributed by atoms with Crippen LogP contribution in [0.15, 0.2) is 16.6 Å². The molecule has 0 aliphatic rings. The fraction of sp³-hybridized carbons (Fsp3) is 0.111. The van der Waals surface area contributed by atoms with Gasteiger partial charge in [-0.15, -0.1) is 0 Å². The number of halogens is 1. The number of hydrogen-bond acceptors (Lipinski definition) is 5. The van der Waals surface area contributed by atoms with E-state index in [2.05, 4.69) is 20.7 Å². The highest BCUT2D eigenvalue weighted by Crippen LogP contribution is 2.27. The highest BCUT2D eigenvalue weighted by Gasteiger charge is 2.25. The molecule has 84 valence electrons. The normalized spacial score (nSPS) is 9.62. The molecule has 0 saturated heterocycles. The van der Waals surface area contributed by atoms with Gasteiger partial charge in [-0.1, -0.05) is 15.9 Å². The fourth-order valence-electron chi connectivity index (χ4n) is 1.17. The Kier molecular flexibility index (Phi) is 3.73. The van der Waals surface area contributed by atoms with Crippen molar-refractivity contribution in [2.75, 3.05) is 7.11 Å². The van der Waals surface area contributed by atoms with Crippen molar-refractivity contribution in [3.63, 3.8) is 0 Å². The van der Waals surface area contributed by atoms with E-state index < -0.39 is 16.6 Å². The Morgan fingerprint density at radius 2 is 2.19 bits per heavy atom. The van der Waals surface area contributed by atoms with Gasteiger partial charge in [-0.2, -0.15) is 0 Å². The first-order valence-electron chi connectivity index (χ1n) is 4.02. The predicted octanol–water partition coefficient (Wildman–Crippen LogP) is 1.96. The van der Waals surface area contributed by atoms with Crippen LogP contribution in [-0.4, -0.2) is 24.3 Å². The quantitative estimate of drug-likeness (QED) is 0.367. The summed E-state index contributed by atoms with van der Waals surface area (Å²) < 4.78 is 4.73. The molecule has 0 aromatic heterocycles. The van der Waals surface area contributed by atoms with Gasteiger partial charge >= 0.3 is 5.97 Å². The minimum Gasteiger partial charge on any atom is -0.465 e. The number of ether oxygens (including phenoxy) is 1. The van der Waals surface area contributed by atoms with Crippen molar-refractivity contribution in [2.45, 2.75) is 0 Å². The van der Waals surface area contributed by atoms with Crippen LogP contribution in [0.25, 0.3) is 0 Å². The Balaban J connectivity index is 3.57. The molecule has 0 aliphatic carbocycles. The summed E-state index contributed by atoms with van der Waals surface area (Å²) in [6, 6.07) is 2.45. The molecule has 0 bridgehead atoms. The molecule has 1 rings (SSSR count). The maximum Gasteiger partial charge on any atom is 0.345 e. The summed E-state index contributed by atoms with van der Waals surface area (Å²) >= 11 is 3.01. The van der Waals surface area contributed by atoms with Crippen LogP contribution < -0.4 is 0 Å². The van der Waals surface area contributed by atoms with Crippen LogP contribution in [0.5, 0.6) is 0 Å². The van der Waals surface area contributed by atoms with Crippen LogP contribution in [0.3, 0.4) is 0 Å². The van der Waals surface area contributed by atoms with Crippen LogP contribution in [0.2, 0.25) is 0 Å². The Morgan fingerprint density at radius 3 is 2.62 bits per heavy atom. The topological polar surface area (TPSA) is 86.5 Å². The maximum atomic E-state index is 11.3. The molecular weight excluding hydrogens is 282 g/mol. The summed E-state index contributed by atoms with van der Waals surface area (Å²) in [6.45, 7) is 0. The van der Waals surface area contributed by atoms with Gasteiger partial charge in [0.25, 0.3) is 5.69 Å². The molecule has 6 nitrogen and oxygen atoms in total.